The molecule has 0 saturated carbocycles. The molecule has 1 N–H and O–H groups in total. The first kappa shape index (κ1) is 23.7. The number of para-hydroxylation sites is 2. The second-order valence-electron chi connectivity index (χ2n) is 8.89. The minimum atomic E-state index is -0.232. The summed E-state index contributed by atoms with van der Waals surface area (Å²) in [4.78, 5) is 45.2. The van der Waals surface area contributed by atoms with Crippen LogP contribution in [0.5, 0.6) is 0 Å². The van der Waals surface area contributed by atoms with E-state index in [2.05, 4.69) is 16.5 Å². The molecule has 184 valence electrons. The van der Waals surface area contributed by atoms with Gasteiger partial charge in [0.25, 0.3) is 5.91 Å². The zero-order valence-corrected chi connectivity index (χ0v) is 20.8. The van der Waals surface area contributed by atoms with Crippen LogP contribution in [-0.4, -0.2) is 43.9 Å². The van der Waals surface area contributed by atoms with Gasteiger partial charge in [-0.3, -0.25) is 19.7 Å². The van der Waals surface area contributed by atoms with Crippen molar-refractivity contribution in [2.75, 3.05) is 18.4 Å². The Morgan fingerprint density at radius 3 is 2.75 bits per heavy atom. The Morgan fingerprint density at radius 1 is 1.11 bits per heavy atom. The van der Waals surface area contributed by atoms with Crippen LogP contribution >= 0.6 is 11.3 Å². The number of fused-ring (bicyclic) bond motifs is 1. The number of nitrogens with one attached hydrogen (secondary N) is 1. The second-order valence-corrected chi connectivity index (χ2v) is 9.98. The number of carbonyl (C=O) groups excluding carboxylic acids is 2. The van der Waals surface area contributed by atoms with Crippen molar-refractivity contribution in [3.63, 3.8) is 0 Å². The molecule has 1 aliphatic rings. The molecule has 1 saturated heterocycles. The minimum absolute atomic E-state index is 0.0494. The van der Waals surface area contributed by atoms with Crippen LogP contribution in [0.15, 0.2) is 72.2 Å². The number of anilines is 1. The van der Waals surface area contributed by atoms with E-state index in [4.69, 9.17) is 4.98 Å². The van der Waals surface area contributed by atoms with Gasteiger partial charge in [0, 0.05) is 48.9 Å². The van der Waals surface area contributed by atoms with Gasteiger partial charge in [0.2, 0.25) is 17.4 Å². The summed E-state index contributed by atoms with van der Waals surface area (Å²) in [5.41, 5.74) is 2.57. The number of aromatic nitrogens is 3. The number of nitrogens with zero attached hydrogens (tertiary/aromatic N) is 4. The van der Waals surface area contributed by atoms with Crippen molar-refractivity contribution in [1.82, 2.24) is 19.0 Å². The fourth-order valence-electron chi connectivity index (χ4n) is 4.71. The molecule has 1 fully saturated rings. The molecule has 8 nitrogen and oxygen atoms in total. The lowest BCUT2D eigenvalue weighted by atomic mass is 10.1. The fraction of sp³-hybridized carbons (Fsp3) is 0.259. The van der Waals surface area contributed by atoms with Crippen molar-refractivity contribution in [2.24, 2.45) is 7.05 Å². The third kappa shape index (κ3) is 4.61. The van der Waals surface area contributed by atoms with Crippen LogP contribution < -0.4 is 10.9 Å². The highest BCUT2D eigenvalue weighted by Crippen LogP contribution is 2.32. The number of rotatable bonds is 5. The number of imidazole rings is 1. The summed E-state index contributed by atoms with van der Waals surface area (Å²) in [6.07, 6.45) is 5.63. The number of aryl methyl sites for hydroxylation is 1. The van der Waals surface area contributed by atoms with Crippen LogP contribution in [0.3, 0.4) is 0 Å². The maximum Gasteiger partial charge on any atom is 0.268 e. The lowest BCUT2D eigenvalue weighted by Crippen LogP contribution is -2.30. The van der Waals surface area contributed by atoms with E-state index in [1.54, 1.807) is 25.4 Å². The van der Waals surface area contributed by atoms with Crippen molar-refractivity contribution in [3.8, 4) is 10.4 Å². The van der Waals surface area contributed by atoms with E-state index >= 15 is 0 Å². The van der Waals surface area contributed by atoms with Gasteiger partial charge in [-0.15, -0.1) is 11.3 Å². The van der Waals surface area contributed by atoms with E-state index in [0.29, 0.717) is 23.9 Å². The van der Waals surface area contributed by atoms with E-state index < -0.39 is 0 Å². The fourth-order valence-corrected chi connectivity index (χ4v) is 5.60. The van der Waals surface area contributed by atoms with Gasteiger partial charge in [0.15, 0.2) is 0 Å². The van der Waals surface area contributed by atoms with E-state index in [-0.39, 0.29) is 23.4 Å². The lowest BCUT2D eigenvalue weighted by molar-refractivity contribution is -0.125. The highest BCUT2D eigenvalue weighted by Gasteiger charge is 2.25. The number of carbonyl (C=O) groups is 2. The average molecular weight is 502 g/mol. The molecule has 0 unspecified atom stereocenters. The summed E-state index contributed by atoms with van der Waals surface area (Å²) in [5, 5.41) is 3.04. The van der Waals surface area contributed by atoms with Crippen molar-refractivity contribution >= 4 is 40.1 Å². The van der Waals surface area contributed by atoms with E-state index in [1.807, 2.05) is 35.2 Å². The first-order valence-corrected chi connectivity index (χ1v) is 12.7. The smallest absolute Gasteiger partial charge is 0.268 e. The molecular weight excluding hydrogens is 474 g/mol. The quantitative estimate of drug-likeness (QED) is 0.409. The predicted octanol–water partition coefficient (Wildman–Crippen LogP) is 4.46. The average Bonchev–Trinajstić information content (AvgIpc) is 3.44. The zero-order chi connectivity index (χ0) is 25.2. The van der Waals surface area contributed by atoms with Crippen LogP contribution in [-0.2, 0) is 11.8 Å². The summed E-state index contributed by atoms with van der Waals surface area (Å²) in [7, 11) is 1.71. The summed E-state index contributed by atoms with van der Waals surface area (Å²) in [6.45, 7) is 4.93. The summed E-state index contributed by atoms with van der Waals surface area (Å²) in [5.74, 6) is 0.225. The van der Waals surface area contributed by atoms with Gasteiger partial charge >= 0.3 is 0 Å². The molecule has 1 aliphatic heterocycles. The highest BCUT2D eigenvalue weighted by molar-refractivity contribution is 7.17. The minimum Gasteiger partial charge on any atom is -0.339 e. The van der Waals surface area contributed by atoms with Crippen LogP contribution in [0.1, 0.15) is 35.0 Å². The third-order valence-corrected chi connectivity index (χ3v) is 7.70. The molecule has 0 aliphatic carbocycles. The van der Waals surface area contributed by atoms with Crippen LogP contribution in [0, 0.1) is 0 Å². The number of hydrogen-bond donors (Lipinski definition) is 1. The van der Waals surface area contributed by atoms with Gasteiger partial charge < -0.3 is 14.0 Å². The maximum atomic E-state index is 13.3. The van der Waals surface area contributed by atoms with E-state index in [0.717, 1.165) is 40.7 Å². The van der Waals surface area contributed by atoms with Crippen LogP contribution in [0.25, 0.3) is 21.5 Å². The van der Waals surface area contributed by atoms with Gasteiger partial charge in [0.1, 0.15) is 0 Å². The molecule has 4 heterocycles. The molecule has 4 aromatic rings. The van der Waals surface area contributed by atoms with Crippen molar-refractivity contribution in [2.45, 2.75) is 25.3 Å². The van der Waals surface area contributed by atoms with Gasteiger partial charge in [0.05, 0.1) is 15.9 Å². The standard InChI is InChI=1S/C27H27N5O3S/c1-3-24(33)31-15-6-7-19(14-16-31)32-21-9-5-4-8-20(21)28-27(32)29-26(35)23-12-11-22(36-23)18-10-13-25(34)30(2)17-18/h3-5,8-13,17,19H,1,6-7,14-16H2,2H3,(H,28,29,35)/t19-/m1/s1. The summed E-state index contributed by atoms with van der Waals surface area (Å²) >= 11 is 1.37. The SMILES string of the molecule is C=CC(=O)N1CCC[C@@H](n2c(NC(=O)c3ccc(-c4ccc(=O)n(C)c4)s3)nc3ccccc32)CC1. The molecule has 1 aromatic carbocycles. The molecule has 2 amide bonds. The third-order valence-electron chi connectivity index (χ3n) is 6.57. The second kappa shape index (κ2) is 9.94. The number of amides is 2. The largest absolute Gasteiger partial charge is 0.339 e. The van der Waals surface area contributed by atoms with Gasteiger partial charge in [-0.2, -0.15) is 0 Å². The topological polar surface area (TPSA) is 89.2 Å². The number of likely N-dealkylation sites (tertiary alicyclic amines) is 1. The number of pyridine rings is 1. The summed E-state index contributed by atoms with van der Waals surface area (Å²) in [6, 6.07) is 14.9. The Balaban J connectivity index is 1.42. The molecule has 0 radical (unpaired) electrons. The molecule has 0 bridgehead atoms. The molecule has 3 aromatic heterocycles. The Bertz CT molecular complexity index is 1520. The highest BCUT2D eigenvalue weighted by atomic mass is 32.1. The Morgan fingerprint density at radius 2 is 1.94 bits per heavy atom. The Kier molecular flexibility index (Phi) is 6.56. The molecular formula is C27H27N5O3S. The van der Waals surface area contributed by atoms with Crippen molar-refractivity contribution in [1.29, 1.82) is 0 Å². The van der Waals surface area contributed by atoms with Gasteiger partial charge in [-0.25, -0.2) is 4.98 Å². The summed E-state index contributed by atoms with van der Waals surface area (Å²) < 4.78 is 3.63. The number of thiophene rings is 1. The predicted molar refractivity (Wildman–Crippen MR) is 142 cm³/mol. The number of benzene rings is 1. The monoisotopic (exact) mass is 501 g/mol. The van der Waals surface area contributed by atoms with E-state index in [9.17, 15) is 14.4 Å². The molecule has 36 heavy (non-hydrogen) atoms. The molecule has 9 heteroatoms. The molecule has 5 rings (SSSR count). The van der Waals surface area contributed by atoms with Crippen LogP contribution in [0.4, 0.5) is 5.95 Å². The lowest BCUT2D eigenvalue weighted by Gasteiger charge is -2.21. The molecule has 0 spiro atoms. The van der Waals surface area contributed by atoms with Crippen molar-refractivity contribution < 1.29 is 9.59 Å². The van der Waals surface area contributed by atoms with Crippen LogP contribution in [0.2, 0.25) is 0 Å². The van der Waals surface area contributed by atoms with E-state index in [1.165, 1.54) is 28.0 Å². The first-order valence-electron chi connectivity index (χ1n) is 11.9. The first-order chi connectivity index (χ1) is 17.4. The van der Waals surface area contributed by atoms with Gasteiger partial charge in [-0.1, -0.05) is 18.7 Å². The number of hydrogen-bond acceptors (Lipinski definition) is 5. The normalized spacial score (nSPS) is 16.0. The zero-order valence-electron chi connectivity index (χ0n) is 20.0. The van der Waals surface area contributed by atoms with Gasteiger partial charge in [-0.05, 0) is 55.7 Å². The Hall–Kier alpha value is -3.98. The maximum absolute atomic E-state index is 13.3. The van der Waals surface area contributed by atoms with Crippen molar-refractivity contribution in [3.05, 3.63) is 82.6 Å². The Labute approximate surface area is 212 Å². The molecule has 1 atom stereocenters.